The average molecular weight is 451 g/mol. The van der Waals surface area contributed by atoms with Gasteiger partial charge < -0.3 is 20.1 Å². The van der Waals surface area contributed by atoms with Crippen molar-refractivity contribution >= 4 is 52.7 Å². The minimum atomic E-state index is -1.03. The number of carbonyl (C=O) groups is 3. The highest BCUT2D eigenvalue weighted by molar-refractivity contribution is 8.01. The molecule has 30 heavy (non-hydrogen) atoms. The van der Waals surface area contributed by atoms with E-state index in [1.165, 1.54) is 16.7 Å². The van der Waals surface area contributed by atoms with E-state index in [2.05, 4.69) is 5.32 Å². The molecule has 0 aliphatic carbocycles. The summed E-state index contributed by atoms with van der Waals surface area (Å²) in [5, 5.41) is 13.6. The maximum absolute atomic E-state index is 13.2. The molecule has 160 valence electrons. The Morgan fingerprint density at radius 3 is 2.60 bits per heavy atom. The molecule has 7 nitrogen and oxygen atoms in total. The van der Waals surface area contributed by atoms with E-state index < -0.39 is 34.1 Å². The van der Waals surface area contributed by atoms with Gasteiger partial charge in [0, 0.05) is 4.75 Å². The number of fused-ring (bicyclic) bond motifs is 2. The molecular weight excluding hydrogens is 428 g/mol. The Bertz CT molecular complexity index is 1030. The van der Waals surface area contributed by atoms with Crippen molar-refractivity contribution in [1.82, 2.24) is 10.2 Å². The third-order valence-electron chi connectivity index (χ3n) is 5.38. The van der Waals surface area contributed by atoms with Gasteiger partial charge in [-0.1, -0.05) is 30.3 Å². The number of nitrogens with one attached hydrogen (secondary N) is 1. The Hall–Kier alpha value is -2.45. The second kappa shape index (κ2) is 8.00. The zero-order valence-electron chi connectivity index (χ0n) is 16.7. The van der Waals surface area contributed by atoms with Gasteiger partial charge in [-0.3, -0.25) is 9.59 Å². The van der Waals surface area contributed by atoms with Gasteiger partial charge in [-0.2, -0.15) is 0 Å². The number of amides is 2. The number of hydrogen-bond acceptors (Lipinski definition) is 5. The lowest BCUT2D eigenvalue weighted by molar-refractivity contribution is -0.159. The van der Waals surface area contributed by atoms with E-state index in [4.69, 9.17) is 4.74 Å². The van der Waals surface area contributed by atoms with Gasteiger partial charge in [0.1, 0.15) is 23.2 Å². The van der Waals surface area contributed by atoms with Crippen LogP contribution in [0.4, 0.5) is 0 Å². The molecule has 2 aromatic carbocycles. The first-order chi connectivity index (χ1) is 13.8. The van der Waals surface area contributed by atoms with Crippen LogP contribution in [0.25, 0.3) is 10.8 Å². The number of thioether (sulfide) groups is 1. The fourth-order valence-electron chi connectivity index (χ4n) is 4.12. The number of ether oxygens (including phenoxy) is 1. The van der Waals surface area contributed by atoms with Crippen LogP contribution in [-0.4, -0.2) is 56.6 Å². The summed E-state index contributed by atoms with van der Waals surface area (Å²) in [6.45, 7) is 5.85. The number of carboxylic acids is 1. The molecule has 4 rings (SSSR count). The highest BCUT2D eigenvalue weighted by Gasteiger charge is 2.64. The molecular formula is C21H23ClN2O5S. The number of β-lactam (4-membered cyclic amide) rings is 1. The Morgan fingerprint density at radius 1 is 1.23 bits per heavy atom. The van der Waals surface area contributed by atoms with Crippen molar-refractivity contribution in [2.45, 2.75) is 43.0 Å². The number of nitrogens with zero attached hydrogens (tertiary/aromatic N) is 1. The minimum absolute atomic E-state index is 0. The first-order valence-corrected chi connectivity index (χ1v) is 10.3. The summed E-state index contributed by atoms with van der Waals surface area (Å²) < 4.78 is 5.02. The van der Waals surface area contributed by atoms with Crippen molar-refractivity contribution in [1.29, 1.82) is 0 Å². The van der Waals surface area contributed by atoms with E-state index in [0.717, 1.165) is 10.8 Å². The standard InChI is InChI=1S/C21H22N2O5S.ClH/c1-4-28-13-10-9-11-7-5-6-8-12(11)14(13)17(24)22-15-18(25)23-16(20(26)27)21(2,3)29-19(15)23;/h5-10,15-16,19H,4H2,1-3H3,(H,22,24)(H,26,27);1H/t15-,16+,19-;/m1./s1. The zero-order valence-corrected chi connectivity index (χ0v) is 18.4. The van der Waals surface area contributed by atoms with Crippen LogP contribution in [0.1, 0.15) is 31.1 Å². The van der Waals surface area contributed by atoms with Crippen molar-refractivity contribution in [3.8, 4) is 5.75 Å². The zero-order chi connectivity index (χ0) is 20.9. The van der Waals surface area contributed by atoms with Crippen molar-refractivity contribution in [3.63, 3.8) is 0 Å². The summed E-state index contributed by atoms with van der Waals surface area (Å²) in [5.74, 6) is -1.35. The Balaban J connectivity index is 0.00000256. The first kappa shape index (κ1) is 22.2. The van der Waals surface area contributed by atoms with Gasteiger partial charge in [0.15, 0.2) is 0 Å². The second-order valence-electron chi connectivity index (χ2n) is 7.64. The van der Waals surface area contributed by atoms with Gasteiger partial charge in [0.05, 0.1) is 12.2 Å². The molecule has 0 bridgehead atoms. The van der Waals surface area contributed by atoms with Crippen molar-refractivity contribution in [2.75, 3.05) is 6.61 Å². The Labute approximate surface area is 184 Å². The summed E-state index contributed by atoms with van der Waals surface area (Å²) in [4.78, 5) is 38.9. The topological polar surface area (TPSA) is 95.9 Å². The van der Waals surface area contributed by atoms with Crippen molar-refractivity contribution < 1.29 is 24.2 Å². The first-order valence-electron chi connectivity index (χ1n) is 9.44. The third-order valence-corrected chi connectivity index (χ3v) is 6.95. The summed E-state index contributed by atoms with van der Waals surface area (Å²) >= 11 is 1.40. The van der Waals surface area contributed by atoms with Crippen LogP contribution < -0.4 is 10.1 Å². The lowest BCUT2D eigenvalue weighted by atomic mass is 9.95. The SMILES string of the molecule is CCOc1ccc2ccccc2c1C(=O)N[C@@H]1C(=O)N2[C@@H]1SC(C)(C)[C@@H]2C(=O)O.Cl. The third kappa shape index (κ3) is 3.37. The molecule has 2 amide bonds. The molecule has 3 atom stereocenters. The van der Waals surface area contributed by atoms with E-state index in [0.29, 0.717) is 17.9 Å². The summed E-state index contributed by atoms with van der Waals surface area (Å²) in [6, 6.07) is 9.46. The molecule has 0 spiro atoms. The van der Waals surface area contributed by atoms with Crippen LogP contribution in [0.15, 0.2) is 36.4 Å². The number of halogens is 1. The molecule has 0 saturated carbocycles. The number of carbonyl (C=O) groups excluding carboxylic acids is 2. The Kier molecular flexibility index (Phi) is 5.93. The predicted molar refractivity (Wildman–Crippen MR) is 117 cm³/mol. The molecule has 2 saturated heterocycles. The van der Waals surface area contributed by atoms with Crippen LogP contribution in [0, 0.1) is 0 Å². The van der Waals surface area contributed by atoms with Crippen LogP contribution in [0.3, 0.4) is 0 Å². The second-order valence-corrected chi connectivity index (χ2v) is 9.41. The molecule has 2 aliphatic rings. The van der Waals surface area contributed by atoms with Gasteiger partial charge in [0.2, 0.25) is 5.91 Å². The molecule has 0 aromatic heterocycles. The van der Waals surface area contributed by atoms with Crippen molar-refractivity contribution in [2.24, 2.45) is 0 Å². The lowest BCUT2D eigenvalue weighted by Gasteiger charge is -2.43. The summed E-state index contributed by atoms with van der Waals surface area (Å²) in [7, 11) is 0. The maximum atomic E-state index is 13.2. The lowest BCUT2D eigenvalue weighted by Crippen LogP contribution is -2.70. The molecule has 2 aliphatic heterocycles. The van der Waals surface area contributed by atoms with Crippen LogP contribution in [0.5, 0.6) is 5.75 Å². The van der Waals surface area contributed by atoms with Gasteiger partial charge in [-0.25, -0.2) is 4.79 Å². The van der Waals surface area contributed by atoms with Crippen LogP contribution in [-0.2, 0) is 9.59 Å². The quantitative estimate of drug-likeness (QED) is 0.680. The van der Waals surface area contributed by atoms with Gasteiger partial charge >= 0.3 is 5.97 Å². The van der Waals surface area contributed by atoms with Gasteiger partial charge in [0.25, 0.3) is 5.91 Å². The van der Waals surface area contributed by atoms with Crippen LogP contribution >= 0.6 is 24.2 Å². The fourth-order valence-corrected chi connectivity index (χ4v) is 5.75. The van der Waals surface area contributed by atoms with E-state index >= 15 is 0 Å². The van der Waals surface area contributed by atoms with Crippen molar-refractivity contribution in [3.05, 3.63) is 42.0 Å². The molecule has 9 heteroatoms. The molecule has 2 N–H and O–H groups in total. The van der Waals surface area contributed by atoms with Crippen LogP contribution in [0.2, 0.25) is 0 Å². The van der Waals surface area contributed by atoms with E-state index in [-0.39, 0.29) is 18.3 Å². The highest BCUT2D eigenvalue weighted by atomic mass is 35.5. The van der Waals surface area contributed by atoms with E-state index in [1.54, 1.807) is 19.9 Å². The fraction of sp³-hybridized carbons (Fsp3) is 0.381. The number of carboxylic acid groups (broad SMARTS) is 1. The van der Waals surface area contributed by atoms with E-state index in [9.17, 15) is 19.5 Å². The highest BCUT2D eigenvalue weighted by Crippen LogP contribution is 2.50. The maximum Gasteiger partial charge on any atom is 0.327 e. The predicted octanol–water partition coefficient (Wildman–Crippen LogP) is 2.91. The van der Waals surface area contributed by atoms with Gasteiger partial charge in [-0.05, 0) is 37.6 Å². The number of hydrogen-bond donors (Lipinski definition) is 2. The number of rotatable bonds is 5. The molecule has 2 fully saturated rings. The molecule has 0 unspecified atom stereocenters. The van der Waals surface area contributed by atoms with E-state index in [1.807, 2.05) is 37.3 Å². The van der Waals surface area contributed by atoms with Gasteiger partial charge in [-0.15, -0.1) is 24.2 Å². The number of benzene rings is 2. The number of aliphatic carboxylic acids is 1. The molecule has 2 heterocycles. The largest absolute Gasteiger partial charge is 0.493 e. The average Bonchev–Trinajstić information content (AvgIpc) is 2.94. The minimum Gasteiger partial charge on any atom is -0.493 e. The normalized spacial score (nSPS) is 23.9. The smallest absolute Gasteiger partial charge is 0.327 e. The monoisotopic (exact) mass is 450 g/mol. The molecule has 0 radical (unpaired) electrons. The Morgan fingerprint density at radius 2 is 1.93 bits per heavy atom. The summed E-state index contributed by atoms with van der Waals surface area (Å²) in [6.07, 6.45) is 0. The summed E-state index contributed by atoms with van der Waals surface area (Å²) in [5.41, 5.74) is 0.383. The molecule has 2 aromatic rings.